The van der Waals surface area contributed by atoms with Crippen LogP contribution in [-0.4, -0.2) is 13.0 Å². The monoisotopic (exact) mass is 191 g/mol. The third kappa shape index (κ3) is 2.59. The Morgan fingerprint density at radius 2 is 2.00 bits per heavy atom. The Hall–Kier alpha value is -1.31. The normalized spacial score (nSPS) is 12.1. The predicted molar refractivity (Wildman–Crippen MR) is 58.2 cm³/mol. The molecule has 0 heterocycles. The topological polar surface area (TPSA) is 29.1 Å². The zero-order chi connectivity index (χ0) is 10.4. The third-order valence-electron chi connectivity index (χ3n) is 2.34. The summed E-state index contributed by atoms with van der Waals surface area (Å²) in [4.78, 5) is 11.6. The average molecular weight is 191 g/mol. The maximum absolute atomic E-state index is 11.6. The van der Waals surface area contributed by atoms with Gasteiger partial charge in [-0.05, 0) is 12.0 Å². The molecule has 0 saturated heterocycles. The van der Waals surface area contributed by atoms with Gasteiger partial charge >= 0.3 is 0 Å². The van der Waals surface area contributed by atoms with Crippen LogP contribution in [-0.2, 0) is 4.79 Å². The SMILES string of the molecule is CCC[C@@H](C(=O)NC)c1ccccc1. The molecule has 1 N–H and O–H groups in total. The van der Waals surface area contributed by atoms with Crippen molar-refractivity contribution in [1.29, 1.82) is 0 Å². The number of carbonyl (C=O) groups excluding carboxylic acids is 1. The zero-order valence-corrected chi connectivity index (χ0v) is 8.79. The fraction of sp³-hybridized carbons (Fsp3) is 0.417. The Kier molecular flexibility index (Phi) is 4.17. The smallest absolute Gasteiger partial charge is 0.227 e. The van der Waals surface area contributed by atoms with Crippen LogP contribution in [0.2, 0.25) is 0 Å². The van der Waals surface area contributed by atoms with Gasteiger partial charge in [-0.1, -0.05) is 43.7 Å². The van der Waals surface area contributed by atoms with Crippen molar-refractivity contribution >= 4 is 5.91 Å². The molecule has 0 bridgehead atoms. The summed E-state index contributed by atoms with van der Waals surface area (Å²) >= 11 is 0. The average Bonchev–Trinajstić information content (AvgIpc) is 2.26. The summed E-state index contributed by atoms with van der Waals surface area (Å²) < 4.78 is 0. The molecule has 76 valence electrons. The highest BCUT2D eigenvalue weighted by atomic mass is 16.1. The molecule has 1 aromatic carbocycles. The Balaban J connectivity index is 2.83. The van der Waals surface area contributed by atoms with E-state index in [0.29, 0.717) is 0 Å². The predicted octanol–water partition coefficient (Wildman–Crippen LogP) is 2.32. The molecule has 0 saturated carbocycles. The molecule has 1 atom stereocenters. The number of benzene rings is 1. The van der Waals surface area contributed by atoms with Gasteiger partial charge in [-0.2, -0.15) is 0 Å². The molecule has 0 fully saturated rings. The Bertz CT molecular complexity index is 282. The van der Waals surface area contributed by atoms with Gasteiger partial charge in [0, 0.05) is 7.05 Å². The molecule has 0 radical (unpaired) electrons. The van der Waals surface area contributed by atoms with Crippen LogP contribution in [0.1, 0.15) is 31.2 Å². The molecule has 0 aliphatic heterocycles. The minimum absolute atomic E-state index is 0.00574. The molecular formula is C12H17NO. The second kappa shape index (κ2) is 5.43. The van der Waals surface area contributed by atoms with Gasteiger partial charge in [-0.3, -0.25) is 4.79 Å². The van der Waals surface area contributed by atoms with Crippen LogP contribution in [0.15, 0.2) is 30.3 Å². The van der Waals surface area contributed by atoms with Gasteiger partial charge in [0.15, 0.2) is 0 Å². The van der Waals surface area contributed by atoms with Crippen molar-refractivity contribution in [2.24, 2.45) is 0 Å². The van der Waals surface area contributed by atoms with Crippen molar-refractivity contribution < 1.29 is 4.79 Å². The van der Waals surface area contributed by atoms with Crippen molar-refractivity contribution in [2.45, 2.75) is 25.7 Å². The molecule has 0 unspecified atom stereocenters. The Labute approximate surface area is 85.3 Å². The fourth-order valence-electron chi connectivity index (χ4n) is 1.60. The maximum Gasteiger partial charge on any atom is 0.227 e. The quantitative estimate of drug-likeness (QED) is 0.777. The van der Waals surface area contributed by atoms with Crippen molar-refractivity contribution in [1.82, 2.24) is 5.32 Å². The van der Waals surface area contributed by atoms with Gasteiger partial charge in [0.1, 0.15) is 0 Å². The Morgan fingerprint density at radius 1 is 1.36 bits per heavy atom. The molecule has 1 aromatic rings. The molecule has 1 rings (SSSR count). The summed E-state index contributed by atoms with van der Waals surface area (Å²) in [6.07, 6.45) is 1.93. The number of rotatable bonds is 4. The van der Waals surface area contributed by atoms with Crippen LogP contribution in [0.5, 0.6) is 0 Å². The summed E-state index contributed by atoms with van der Waals surface area (Å²) in [5.41, 5.74) is 1.11. The van der Waals surface area contributed by atoms with E-state index in [2.05, 4.69) is 12.2 Å². The van der Waals surface area contributed by atoms with E-state index in [1.54, 1.807) is 7.05 Å². The van der Waals surface area contributed by atoms with E-state index >= 15 is 0 Å². The lowest BCUT2D eigenvalue weighted by Gasteiger charge is -2.14. The van der Waals surface area contributed by atoms with Crippen LogP contribution < -0.4 is 5.32 Å². The van der Waals surface area contributed by atoms with Crippen LogP contribution in [0.3, 0.4) is 0 Å². The first-order chi connectivity index (χ1) is 6.79. The van der Waals surface area contributed by atoms with Gasteiger partial charge in [-0.25, -0.2) is 0 Å². The Morgan fingerprint density at radius 3 is 2.50 bits per heavy atom. The van der Waals surface area contributed by atoms with Gasteiger partial charge in [0.25, 0.3) is 0 Å². The van der Waals surface area contributed by atoms with Gasteiger partial charge < -0.3 is 5.32 Å². The van der Waals surface area contributed by atoms with E-state index < -0.39 is 0 Å². The van der Waals surface area contributed by atoms with E-state index in [1.807, 2.05) is 30.3 Å². The lowest BCUT2D eigenvalue weighted by molar-refractivity contribution is -0.122. The summed E-state index contributed by atoms with van der Waals surface area (Å²) in [6.45, 7) is 2.10. The molecule has 2 nitrogen and oxygen atoms in total. The molecule has 2 heteroatoms. The number of hydrogen-bond acceptors (Lipinski definition) is 1. The number of carbonyl (C=O) groups is 1. The fourth-order valence-corrected chi connectivity index (χ4v) is 1.60. The standard InChI is InChI=1S/C12H17NO/c1-3-7-11(12(14)13-2)10-8-5-4-6-9-10/h4-6,8-9,11H,3,7H2,1-2H3,(H,13,14)/t11-/m1/s1. The second-order valence-electron chi connectivity index (χ2n) is 3.37. The number of nitrogens with one attached hydrogen (secondary N) is 1. The van der Waals surface area contributed by atoms with Crippen molar-refractivity contribution in [3.63, 3.8) is 0 Å². The largest absolute Gasteiger partial charge is 0.359 e. The number of hydrogen-bond donors (Lipinski definition) is 1. The summed E-state index contributed by atoms with van der Waals surface area (Å²) in [6, 6.07) is 9.93. The highest BCUT2D eigenvalue weighted by Gasteiger charge is 2.17. The minimum atomic E-state index is 0.00574. The molecule has 0 aromatic heterocycles. The summed E-state index contributed by atoms with van der Waals surface area (Å²) in [5, 5.41) is 2.71. The molecule has 0 aliphatic rings. The van der Waals surface area contributed by atoms with E-state index in [1.165, 1.54) is 0 Å². The lowest BCUT2D eigenvalue weighted by atomic mass is 9.94. The molecule has 14 heavy (non-hydrogen) atoms. The first-order valence-corrected chi connectivity index (χ1v) is 5.06. The zero-order valence-electron chi connectivity index (χ0n) is 8.79. The van der Waals surface area contributed by atoms with E-state index in [-0.39, 0.29) is 11.8 Å². The minimum Gasteiger partial charge on any atom is -0.359 e. The molecule has 0 aliphatic carbocycles. The van der Waals surface area contributed by atoms with Crippen molar-refractivity contribution in [2.75, 3.05) is 7.05 Å². The molecule has 0 spiro atoms. The second-order valence-corrected chi connectivity index (χ2v) is 3.37. The van der Waals surface area contributed by atoms with Crippen molar-refractivity contribution in [3.8, 4) is 0 Å². The first kappa shape index (κ1) is 10.8. The summed E-state index contributed by atoms with van der Waals surface area (Å²) in [5.74, 6) is 0.115. The maximum atomic E-state index is 11.6. The summed E-state index contributed by atoms with van der Waals surface area (Å²) in [7, 11) is 1.69. The van der Waals surface area contributed by atoms with E-state index in [4.69, 9.17) is 0 Å². The molecular weight excluding hydrogens is 174 g/mol. The van der Waals surface area contributed by atoms with E-state index in [0.717, 1.165) is 18.4 Å². The first-order valence-electron chi connectivity index (χ1n) is 5.06. The third-order valence-corrected chi connectivity index (χ3v) is 2.34. The van der Waals surface area contributed by atoms with Crippen molar-refractivity contribution in [3.05, 3.63) is 35.9 Å². The van der Waals surface area contributed by atoms with Crippen LogP contribution >= 0.6 is 0 Å². The van der Waals surface area contributed by atoms with Gasteiger partial charge in [-0.15, -0.1) is 0 Å². The van der Waals surface area contributed by atoms with Gasteiger partial charge in [0.2, 0.25) is 5.91 Å². The number of amides is 1. The highest BCUT2D eigenvalue weighted by Crippen LogP contribution is 2.20. The van der Waals surface area contributed by atoms with E-state index in [9.17, 15) is 4.79 Å². The highest BCUT2D eigenvalue weighted by molar-refractivity contribution is 5.83. The number of likely N-dealkylation sites (N-methyl/N-ethyl adjacent to an activating group) is 1. The van der Waals surface area contributed by atoms with Crippen LogP contribution in [0.4, 0.5) is 0 Å². The van der Waals surface area contributed by atoms with Crippen LogP contribution in [0, 0.1) is 0 Å². The van der Waals surface area contributed by atoms with Crippen LogP contribution in [0.25, 0.3) is 0 Å². The van der Waals surface area contributed by atoms with Gasteiger partial charge in [0.05, 0.1) is 5.92 Å². The molecule has 1 amide bonds. The lowest BCUT2D eigenvalue weighted by Crippen LogP contribution is -2.25.